The largest absolute Gasteiger partial charge is 0.416 e. The molecular weight excluding hydrogens is 358 g/mol. The average molecular weight is 375 g/mol. The van der Waals surface area contributed by atoms with Gasteiger partial charge >= 0.3 is 0 Å². The molecule has 0 radical (unpaired) electrons. The number of Topliss-reactive ketones (excluding diaryl/α,β-unsaturated/α-hetero) is 1. The van der Waals surface area contributed by atoms with Gasteiger partial charge in [-0.05, 0) is 36.2 Å². The van der Waals surface area contributed by atoms with Crippen molar-refractivity contribution in [1.82, 2.24) is 15.2 Å². The minimum atomic E-state index is -0.446. The Morgan fingerprint density at radius 3 is 2.67 bits per heavy atom. The summed E-state index contributed by atoms with van der Waals surface area (Å²) in [5.41, 5.74) is 2.55. The number of carbonyl (C=O) groups is 1. The van der Waals surface area contributed by atoms with Gasteiger partial charge in [-0.3, -0.25) is 4.79 Å². The molecule has 2 aromatic carbocycles. The molecule has 0 spiro atoms. The minimum Gasteiger partial charge on any atom is -0.416 e. The molecule has 6 heteroatoms. The molecule has 0 amide bonds. The molecule has 1 aliphatic rings. The Morgan fingerprint density at radius 1 is 1.07 bits per heavy atom. The van der Waals surface area contributed by atoms with Gasteiger partial charge in [-0.2, -0.15) is 0 Å². The highest BCUT2D eigenvalue weighted by Crippen LogP contribution is 2.42. The number of H-pyrrole nitrogens is 1. The highest BCUT2D eigenvalue weighted by atomic mass is 32.2. The average Bonchev–Trinajstić information content (AvgIpc) is 3.30. The van der Waals surface area contributed by atoms with Gasteiger partial charge in [0.15, 0.2) is 5.78 Å². The van der Waals surface area contributed by atoms with Crippen LogP contribution in [0.15, 0.2) is 70.4 Å². The molecule has 1 aliphatic carbocycles. The maximum atomic E-state index is 13.4. The number of fused-ring (bicyclic) bond motifs is 1. The molecule has 0 aliphatic heterocycles. The highest BCUT2D eigenvalue weighted by molar-refractivity contribution is 8.00. The number of benzene rings is 2. The number of hydrogen-bond acceptors (Lipinski definition) is 5. The Labute approximate surface area is 160 Å². The van der Waals surface area contributed by atoms with Crippen LogP contribution in [0.5, 0.6) is 0 Å². The van der Waals surface area contributed by atoms with E-state index >= 15 is 0 Å². The number of rotatable bonds is 6. The van der Waals surface area contributed by atoms with Gasteiger partial charge in [0.1, 0.15) is 5.25 Å². The normalized spacial score (nSPS) is 15.1. The van der Waals surface area contributed by atoms with Crippen LogP contribution in [0.4, 0.5) is 0 Å². The fourth-order valence-electron chi connectivity index (χ4n) is 3.18. The maximum Gasteiger partial charge on any atom is 0.277 e. The summed E-state index contributed by atoms with van der Waals surface area (Å²) in [6.07, 6.45) is 3.98. The fourth-order valence-corrected chi connectivity index (χ4v) is 4.13. The van der Waals surface area contributed by atoms with E-state index in [1.165, 1.54) is 11.8 Å². The molecule has 2 heterocycles. The third-order valence-corrected chi connectivity index (χ3v) is 5.85. The van der Waals surface area contributed by atoms with Crippen LogP contribution < -0.4 is 0 Å². The predicted octanol–water partition coefficient (Wildman–Crippen LogP) is 5.14. The van der Waals surface area contributed by atoms with Crippen molar-refractivity contribution in [2.45, 2.75) is 29.2 Å². The lowest BCUT2D eigenvalue weighted by molar-refractivity contribution is 0.0990. The van der Waals surface area contributed by atoms with Crippen molar-refractivity contribution in [3.8, 4) is 0 Å². The predicted molar refractivity (Wildman–Crippen MR) is 104 cm³/mol. The Hall–Kier alpha value is -2.86. The van der Waals surface area contributed by atoms with E-state index in [2.05, 4.69) is 15.2 Å². The molecule has 5 rings (SSSR count). The van der Waals surface area contributed by atoms with Crippen molar-refractivity contribution in [2.75, 3.05) is 0 Å². The van der Waals surface area contributed by atoms with Crippen LogP contribution >= 0.6 is 11.8 Å². The quantitative estimate of drug-likeness (QED) is 0.373. The van der Waals surface area contributed by atoms with Crippen LogP contribution in [0, 0.1) is 0 Å². The molecule has 1 unspecified atom stereocenters. The number of para-hydroxylation sites is 1. The lowest BCUT2D eigenvalue weighted by atomic mass is 10.0. The lowest BCUT2D eigenvalue weighted by Crippen LogP contribution is -2.09. The van der Waals surface area contributed by atoms with Gasteiger partial charge in [-0.25, -0.2) is 0 Å². The zero-order valence-electron chi connectivity index (χ0n) is 14.5. The number of aromatic nitrogens is 3. The molecule has 1 saturated carbocycles. The smallest absolute Gasteiger partial charge is 0.277 e. The van der Waals surface area contributed by atoms with Crippen molar-refractivity contribution >= 4 is 28.4 Å². The second-order valence-electron chi connectivity index (χ2n) is 6.70. The number of thioether (sulfide) groups is 1. The van der Waals surface area contributed by atoms with Crippen molar-refractivity contribution in [3.63, 3.8) is 0 Å². The first-order valence-corrected chi connectivity index (χ1v) is 9.83. The van der Waals surface area contributed by atoms with Gasteiger partial charge in [0, 0.05) is 28.6 Å². The second-order valence-corrected chi connectivity index (χ2v) is 7.76. The van der Waals surface area contributed by atoms with E-state index < -0.39 is 5.25 Å². The first-order valence-electron chi connectivity index (χ1n) is 8.95. The SMILES string of the molecule is O=C(c1c[nH]c2ccccc12)C(Sc1nnc(C2CC2)o1)c1ccccc1. The first-order chi connectivity index (χ1) is 13.3. The van der Waals surface area contributed by atoms with Gasteiger partial charge in [0.05, 0.1) is 0 Å². The second kappa shape index (κ2) is 6.70. The Bertz CT molecular complexity index is 1100. The van der Waals surface area contributed by atoms with E-state index in [-0.39, 0.29) is 5.78 Å². The summed E-state index contributed by atoms with van der Waals surface area (Å²) >= 11 is 1.32. The summed E-state index contributed by atoms with van der Waals surface area (Å²) in [5.74, 6) is 1.10. The van der Waals surface area contributed by atoms with Crippen molar-refractivity contribution in [2.24, 2.45) is 0 Å². The summed E-state index contributed by atoms with van der Waals surface area (Å²) in [6.45, 7) is 0. The van der Waals surface area contributed by atoms with Crippen LogP contribution in [-0.4, -0.2) is 21.0 Å². The Kier molecular flexibility index (Phi) is 4.05. The van der Waals surface area contributed by atoms with E-state index in [1.807, 2.05) is 54.6 Å². The summed E-state index contributed by atoms with van der Waals surface area (Å²) in [5, 5.41) is 9.22. The highest BCUT2D eigenvalue weighted by Gasteiger charge is 2.31. The van der Waals surface area contributed by atoms with Gasteiger partial charge in [-0.1, -0.05) is 48.5 Å². The lowest BCUT2D eigenvalue weighted by Gasteiger charge is -2.13. The summed E-state index contributed by atoms with van der Waals surface area (Å²) in [4.78, 5) is 16.6. The Balaban J connectivity index is 1.51. The minimum absolute atomic E-state index is 0.0230. The third kappa shape index (κ3) is 3.17. The van der Waals surface area contributed by atoms with Crippen LogP contribution in [0.2, 0.25) is 0 Å². The van der Waals surface area contributed by atoms with Crippen LogP contribution in [-0.2, 0) is 0 Å². The van der Waals surface area contributed by atoms with E-state index in [1.54, 1.807) is 6.20 Å². The van der Waals surface area contributed by atoms with Crippen molar-refractivity contribution < 1.29 is 9.21 Å². The maximum absolute atomic E-state index is 13.4. The molecule has 1 fully saturated rings. The molecule has 27 heavy (non-hydrogen) atoms. The van der Waals surface area contributed by atoms with Crippen LogP contribution in [0.25, 0.3) is 10.9 Å². The number of hydrogen-bond donors (Lipinski definition) is 1. The molecule has 2 aromatic heterocycles. The molecule has 4 aromatic rings. The summed E-state index contributed by atoms with van der Waals surface area (Å²) in [6, 6.07) is 17.6. The third-order valence-electron chi connectivity index (χ3n) is 4.76. The molecule has 0 bridgehead atoms. The molecule has 134 valence electrons. The van der Waals surface area contributed by atoms with Crippen molar-refractivity contribution in [1.29, 1.82) is 0 Å². The van der Waals surface area contributed by atoms with Gasteiger partial charge in [0.2, 0.25) is 5.89 Å². The molecule has 1 atom stereocenters. The van der Waals surface area contributed by atoms with Crippen LogP contribution in [0.3, 0.4) is 0 Å². The van der Waals surface area contributed by atoms with Crippen LogP contribution in [0.1, 0.15) is 45.8 Å². The summed E-state index contributed by atoms with van der Waals surface area (Å²) < 4.78 is 5.80. The number of carbonyl (C=O) groups excluding carboxylic acids is 1. The van der Waals surface area contributed by atoms with E-state index in [0.717, 1.165) is 29.3 Å². The monoisotopic (exact) mass is 375 g/mol. The van der Waals surface area contributed by atoms with Gasteiger partial charge in [0.25, 0.3) is 5.22 Å². The first kappa shape index (κ1) is 16.3. The zero-order chi connectivity index (χ0) is 18.2. The zero-order valence-corrected chi connectivity index (χ0v) is 15.3. The van der Waals surface area contributed by atoms with Gasteiger partial charge in [-0.15, -0.1) is 10.2 Å². The molecule has 0 saturated heterocycles. The van der Waals surface area contributed by atoms with E-state index in [9.17, 15) is 4.79 Å². The number of nitrogens with zero attached hydrogens (tertiary/aromatic N) is 2. The van der Waals surface area contributed by atoms with Gasteiger partial charge < -0.3 is 9.40 Å². The van der Waals surface area contributed by atoms with Crippen molar-refractivity contribution in [3.05, 3.63) is 77.8 Å². The topological polar surface area (TPSA) is 71.8 Å². The van der Waals surface area contributed by atoms with E-state index in [0.29, 0.717) is 22.6 Å². The fraction of sp³-hybridized carbons (Fsp3) is 0.190. The molecule has 5 nitrogen and oxygen atoms in total. The van der Waals surface area contributed by atoms with E-state index in [4.69, 9.17) is 4.42 Å². The number of nitrogens with one attached hydrogen (secondary N) is 1. The standard InChI is InChI=1S/C21H17N3O2S/c25-18(16-12-22-17-9-5-4-8-15(16)17)19(13-6-2-1-3-7-13)27-21-24-23-20(26-21)14-10-11-14/h1-9,12,14,19,22H,10-11H2. The number of ketones is 1. The molecule has 1 N–H and O–H groups in total. The number of aromatic amines is 1. The summed E-state index contributed by atoms with van der Waals surface area (Å²) in [7, 11) is 0. The molecular formula is C21H17N3O2S. The Morgan fingerprint density at radius 2 is 1.85 bits per heavy atom.